The Morgan fingerprint density at radius 2 is 1.88 bits per heavy atom. The van der Waals surface area contributed by atoms with Crippen LogP contribution in [0.1, 0.15) is 19.3 Å². The fraction of sp³-hybridized carbons (Fsp3) is 0.727. The predicted octanol–water partition coefficient (Wildman–Crippen LogP) is -1.05. The van der Waals surface area contributed by atoms with Gasteiger partial charge in [0.2, 0.25) is 17.7 Å². The van der Waals surface area contributed by atoms with Crippen LogP contribution in [-0.4, -0.2) is 60.2 Å². The lowest BCUT2D eigenvalue weighted by Gasteiger charge is -2.31. The average molecular weight is 239 g/mol. The maximum Gasteiger partial charge on any atom is 0.246 e. The van der Waals surface area contributed by atoms with Crippen LogP contribution in [0.5, 0.6) is 0 Å². The van der Waals surface area contributed by atoms with Gasteiger partial charge < -0.3 is 10.2 Å². The average Bonchev–Trinajstić information content (AvgIpc) is 2.52. The Bertz CT molecular complexity index is 369. The number of carbonyl (C=O) groups excluding carboxylic acids is 3. The number of nitrogens with zero attached hydrogens (tertiary/aromatic N) is 2. The van der Waals surface area contributed by atoms with E-state index in [-0.39, 0.29) is 30.2 Å². The third-order valence-electron chi connectivity index (χ3n) is 3.45. The van der Waals surface area contributed by atoms with Gasteiger partial charge in [0.1, 0.15) is 0 Å². The Kier molecular flexibility index (Phi) is 3.15. The Morgan fingerprint density at radius 3 is 2.41 bits per heavy atom. The summed E-state index contributed by atoms with van der Waals surface area (Å²) >= 11 is 0. The summed E-state index contributed by atoms with van der Waals surface area (Å²) in [6.45, 7) is 0.598. The van der Waals surface area contributed by atoms with Crippen molar-refractivity contribution in [3.05, 3.63) is 0 Å². The Labute approximate surface area is 99.9 Å². The summed E-state index contributed by atoms with van der Waals surface area (Å²) in [5.41, 5.74) is 0. The number of hydrogen-bond donors (Lipinski definition) is 1. The molecule has 94 valence electrons. The molecule has 0 spiro atoms. The zero-order valence-electron chi connectivity index (χ0n) is 10.1. The molecule has 2 fully saturated rings. The molecule has 2 atom stereocenters. The van der Waals surface area contributed by atoms with E-state index in [1.165, 1.54) is 7.05 Å². The molecule has 0 aliphatic carbocycles. The van der Waals surface area contributed by atoms with Crippen LogP contribution in [0.4, 0.5) is 0 Å². The molecule has 2 aliphatic rings. The molecule has 2 saturated heterocycles. The first-order chi connectivity index (χ1) is 7.99. The minimum absolute atomic E-state index is 0.103. The fourth-order valence-electron chi connectivity index (χ4n) is 2.32. The minimum atomic E-state index is -0.417. The van der Waals surface area contributed by atoms with Crippen molar-refractivity contribution in [1.29, 1.82) is 0 Å². The molecule has 2 unspecified atom stereocenters. The Morgan fingerprint density at radius 1 is 1.18 bits per heavy atom. The SMILES string of the molecule is CN1CC(NC2CC(=O)N(C)C2=O)CCC1=O. The van der Waals surface area contributed by atoms with Gasteiger partial charge in [-0.05, 0) is 6.42 Å². The number of rotatable bonds is 2. The van der Waals surface area contributed by atoms with E-state index in [2.05, 4.69) is 5.32 Å². The maximum atomic E-state index is 11.7. The molecule has 17 heavy (non-hydrogen) atoms. The van der Waals surface area contributed by atoms with E-state index in [0.29, 0.717) is 13.0 Å². The van der Waals surface area contributed by atoms with Crippen molar-refractivity contribution in [2.75, 3.05) is 20.6 Å². The van der Waals surface area contributed by atoms with Crippen molar-refractivity contribution in [2.24, 2.45) is 0 Å². The van der Waals surface area contributed by atoms with Crippen molar-refractivity contribution < 1.29 is 14.4 Å². The molecule has 2 heterocycles. The van der Waals surface area contributed by atoms with Crippen molar-refractivity contribution in [3.63, 3.8) is 0 Å². The van der Waals surface area contributed by atoms with Gasteiger partial charge in [-0.25, -0.2) is 0 Å². The van der Waals surface area contributed by atoms with Gasteiger partial charge in [-0.15, -0.1) is 0 Å². The number of likely N-dealkylation sites (N-methyl/N-ethyl adjacent to an activating group) is 2. The van der Waals surface area contributed by atoms with Crippen LogP contribution in [0.2, 0.25) is 0 Å². The second-order valence-electron chi connectivity index (χ2n) is 4.72. The van der Waals surface area contributed by atoms with E-state index in [9.17, 15) is 14.4 Å². The zero-order chi connectivity index (χ0) is 12.6. The second-order valence-corrected chi connectivity index (χ2v) is 4.72. The topological polar surface area (TPSA) is 69.7 Å². The summed E-state index contributed by atoms with van der Waals surface area (Å²) in [6.07, 6.45) is 1.45. The summed E-state index contributed by atoms with van der Waals surface area (Å²) in [5.74, 6) is -0.184. The lowest BCUT2D eigenvalue weighted by molar-refractivity contribution is -0.137. The third kappa shape index (κ3) is 2.31. The highest BCUT2D eigenvalue weighted by molar-refractivity contribution is 6.05. The quantitative estimate of drug-likeness (QED) is 0.625. The van der Waals surface area contributed by atoms with Crippen LogP contribution in [0.3, 0.4) is 0 Å². The number of piperidine rings is 1. The molecular formula is C11H17N3O3. The zero-order valence-corrected chi connectivity index (χ0v) is 10.1. The predicted molar refractivity (Wildman–Crippen MR) is 60.0 cm³/mol. The van der Waals surface area contributed by atoms with Crippen molar-refractivity contribution in [3.8, 4) is 0 Å². The molecule has 6 nitrogen and oxygen atoms in total. The van der Waals surface area contributed by atoms with Crippen LogP contribution in [0.25, 0.3) is 0 Å². The van der Waals surface area contributed by atoms with Crippen LogP contribution < -0.4 is 5.32 Å². The normalized spacial score (nSPS) is 30.4. The first kappa shape index (κ1) is 12.0. The van der Waals surface area contributed by atoms with E-state index in [4.69, 9.17) is 0 Å². The van der Waals surface area contributed by atoms with Crippen LogP contribution >= 0.6 is 0 Å². The highest BCUT2D eigenvalue weighted by atomic mass is 16.2. The van der Waals surface area contributed by atoms with E-state index >= 15 is 0 Å². The smallest absolute Gasteiger partial charge is 0.246 e. The molecule has 0 aromatic rings. The number of nitrogens with one attached hydrogen (secondary N) is 1. The van der Waals surface area contributed by atoms with Crippen molar-refractivity contribution in [1.82, 2.24) is 15.1 Å². The summed E-state index contributed by atoms with van der Waals surface area (Å²) in [4.78, 5) is 37.2. The number of imide groups is 1. The third-order valence-corrected chi connectivity index (χ3v) is 3.45. The van der Waals surface area contributed by atoms with E-state index in [1.54, 1.807) is 11.9 Å². The van der Waals surface area contributed by atoms with Crippen molar-refractivity contribution in [2.45, 2.75) is 31.3 Å². The van der Waals surface area contributed by atoms with E-state index in [0.717, 1.165) is 11.3 Å². The van der Waals surface area contributed by atoms with Gasteiger partial charge in [0.05, 0.1) is 12.5 Å². The number of likely N-dealkylation sites (tertiary alicyclic amines) is 2. The molecule has 0 bridgehead atoms. The van der Waals surface area contributed by atoms with Crippen molar-refractivity contribution >= 4 is 17.7 Å². The monoisotopic (exact) mass is 239 g/mol. The van der Waals surface area contributed by atoms with Gasteiger partial charge in [0.15, 0.2) is 0 Å². The van der Waals surface area contributed by atoms with Gasteiger partial charge in [-0.3, -0.25) is 19.3 Å². The maximum absolute atomic E-state index is 11.7. The highest BCUT2D eigenvalue weighted by Crippen LogP contribution is 2.15. The Hall–Kier alpha value is -1.43. The van der Waals surface area contributed by atoms with E-state index < -0.39 is 6.04 Å². The number of amides is 3. The molecule has 0 aromatic heterocycles. The fourth-order valence-corrected chi connectivity index (χ4v) is 2.32. The number of carbonyl (C=O) groups is 3. The molecule has 0 aromatic carbocycles. The Balaban J connectivity index is 1.92. The summed E-state index contributed by atoms with van der Waals surface area (Å²) in [7, 11) is 3.26. The molecule has 0 saturated carbocycles. The van der Waals surface area contributed by atoms with Gasteiger partial charge in [0, 0.05) is 33.1 Å². The molecule has 6 heteroatoms. The lowest BCUT2D eigenvalue weighted by Crippen LogP contribution is -2.51. The summed E-state index contributed by atoms with van der Waals surface area (Å²) in [5, 5.41) is 3.17. The molecule has 3 amide bonds. The van der Waals surface area contributed by atoms with Crippen LogP contribution in [0.15, 0.2) is 0 Å². The van der Waals surface area contributed by atoms with Gasteiger partial charge in [0.25, 0.3) is 0 Å². The molecule has 2 aliphatic heterocycles. The first-order valence-corrected chi connectivity index (χ1v) is 5.79. The number of hydrogen-bond acceptors (Lipinski definition) is 4. The molecule has 2 rings (SSSR count). The van der Waals surface area contributed by atoms with Crippen LogP contribution in [-0.2, 0) is 14.4 Å². The minimum Gasteiger partial charge on any atom is -0.344 e. The van der Waals surface area contributed by atoms with Gasteiger partial charge in [-0.1, -0.05) is 0 Å². The largest absolute Gasteiger partial charge is 0.344 e. The molecule has 0 radical (unpaired) electrons. The molecular weight excluding hydrogens is 222 g/mol. The first-order valence-electron chi connectivity index (χ1n) is 5.79. The van der Waals surface area contributed by atoms with Gasteiger partial charge >= 0.3 is 0 Å². The lowest BCUT2D eigenvalue weighted by atomic mass is 10.0. The standard InChI is InChI=1S/C11H17N3O3/c1-13-6-7(3-4-9(13)15)12-8-5-10(16)14(2)11(8)17/h7-8,12H,3-6H2,1-2H3. The molecule has 1 N–H and O–H groups in total. The van der Waals surface area contributed by atoms with Crippen LogP contribution in [0, 0.1) is 0 Å². The second kappa shape index (κ2) is 4.44. The summed E-state index contributed by atoms with van der Waals surface area (Å²) in [6, 6.07) is -0.315. The highest BCUT2D eigenvalue weighted by Gasteiger charge is 2.37. The summed E-state index contributed by atoms with van der Waals surface area (Å²) < 4.78 is 0. The van der Waals surface area contributed by atoms with Gasteiger partial charge in [-0.2, -0.15) is 0 Å². The van der Waals surface area contributed by atoms with E-state index in [1.807, 2.05) is 0 Å².